The number of fused-ring (bicyclic) bond motifs is 3. The summed E-state index contributed by atoms with van der Waals surface area (Å²) in [6.07, 6.45) is 0.790. The second-order valence-electron chi connectivity index (χ2n) is 7.39. The molecule has 0 bridgehead atoms. The van der Waals surface area contributed by atoms with Crippen LogP contribution < -0.4 is 10.0 Å². The molecule has 5 nitrogen and oxygen atoms in total. The van der Waals surface area contributed by atoms with Gasteiger partial charge in [-0.2, -0.15) is 0 Å². The quantitative estimate of drug-likeness (QED) is 0.506. The van der Waals surface area contributed by atoms with Crippen LogP contribution in [0, 0.1) is 0 Å². The number of sulfonamides is 1. The number of amides is 1. The van der Waals surface area contributed by atoms with Crippen LogP contribution in [0.1, 0.15) is 35.3 Å². The van der Waals surface area contributed by atoms with Crippen LogP contribution in [-0.2, 0) is 16.4 Å². The van der Waals surface area contributed by atoms with Gasteiger partial charge in [0.25, 0.3) is 5.91 Å². The lowest BCUT2D eigenvalue weighted by Crippen LogP contribution is -2.22. The Morgan fingerprint density at radius 1 is 0.897 bits per heavy atom. The fraction of sp³-hybridized carbons (Fsp3) is 0.174. The van der Waals surface area contributed by atoms with Crippen LogP contribution in [0.5, 0.6) is 0 Å². The molecule has 6 heteroatoms. The Morgan fingerprint density at radius 2 is 1.59 bits per heavy atom. The highest BCUT2D eigenvalue weighted by Crippen LogP contribution is 2.40. The van der Waals surface area contributed by atoms with Crippen molar-refractivity contribution in [2.45, 2.75) is 25.5 Å². The summed E-state index contributed by atoms with van der Waals surface area (Å²) < 4.78 is 26.5. The summed E-state index contributed by atoms with van der Waals surface area (Å²) in [6, 6.07) is 20.6. The largest absolute Gasteiger partial charge is 0.322 e. The standard InChI is InChI=1S/C23H22N2O3S/c1-15(2)29(27,28)25-18-12-10-16(11-13-18)23(26)24-22-9-5-8-20-19-7-4-3-6-17(19)14-21(20)22/h3-13,15,25H,14H2,1-2H3,(H,24,26). The van der Waals surface area contributed by atoms with Crippen LogP contribution >= 0.6 is 0 Å². The number of carbonyl (C=O) groups excluding carboxylic acids is 1. The molecule has 3 aromatic carbocycles. The molecule has 0 aromatic heterocycles. The number of rotatable bonds is 5. The van der Waals surface area contributed by atoms with E-state index < -0.39 is 15.3 Å². The molecule has 2 N–H and O–H groups in total. The van der Waals surface area contributed by atoms with Gasteiger partial charge in [-0.1, -0.05) is 36.4 Å². The Labute approximate surface area is 170 Å². The van der Waals surface area contributed by atoms with Gasteiger partial charge in [0.15, 0.2) is 0 Å². The van der Waals surface area contributed by atoms with Gasteiger partial charge in [0.1, 0.15) is 0 Å². The zero-order valence-electron chi connectivity index (χ0n) is 16.3. The van der Waals surface area contributed by atoms with Gasteiger partial charge >= 0.3 is 0 Å². The SMILES string of the molecule is CC(C)S(=O)(=O)Nc1ccc(C(=O)Nc2cccc3c2Cc2ccccc2-3)cc1. The molecule has 1 aliphatic carbocycles. The molecule has 3 aromatic rings. The van der Waals surface area contributed by atoms with Gasteiger partial charge in [-0.25, -0.2) is 8.42 Å². The minimum atomic E-state index is -3.42. The van der Waals surface area contributed by atoms with E-state index in [0.717, 1.165) is 23.2 Å². The van der Waals surface area contributed by atoms with E-state index >= 15 is 0 Å². The lowest BCUT2D eigenvalue weighted by atomic mass is 10.0. The minimum Gasteiger partial charge on any atom is -0.322 e. The maximum Gasteiger partial charge on any atom is 0.255 e. The van der Waals surface area contributed by atoms with E-state index in [-0.39, 0.29) is 5.91 Å². The van der Waals surface area contributed by atoms with Crippen LogP contribution in [0.4, 0.5) is 11.4 Å². The van der Waals surface area contributed by atoms with Gasteiger partial charge in [-0.05, 0) is 66.4 Å². The van der Waals surface area contributed by atoms with Gasteiger partial charge < -0.3 is 5.32 Å². The Bertz CT molecular complexity index is 1180. The number of carbonyl (C=O) groups is 1. The summed E-state index contributed by atoms with van der Waals surface area (Å²) in [5.41, 5.74) is 6.43. The number of hydrogen-bond donors (Lipinski definition) is 2. The van der Waals surface area contributed by atoms with Crippen molar-refractivity contribution >= 4 is 27.3 Å². The third kappa shape index (κ3) is 3.76. The van der Waals surface area contributed by atoms with Crippen molar-refractivity contribution in [1.29, 1.82) is 0 Å². The molecule has 0 heterocycles. The molecule has 29 heavy (non-hydrogen) atoms. The highest BCUT2D eigenvalue weighted by atomic mass is 32.2. The van der Waals surface area contributed by atoms with E-state index in [9.17, 15) is 13.2 Å². The first-order valence-electron chi connectivity index (χ1n) is 9.48. The average Bonchev–Trinajstić information content (AvgIpc) is 3.08. The van der Waals surface area contributed by atoms with E-state index in [1.165, 1.54) is 11.1 Å². The van der Waals surface area contributed by atoms with E-state index in [1.54, 1.807) is 38.1 Å². The smallest absolute Gasteiger partial charge is 0.255 e. The van der Waals surface area contributed by atoms with Crippen molar-refractivity contribution in [3.63, 3.8) is 0 Å². The van der Waals surface area contributed by atoms with Crippen LogP contribution in [0.15, 0.2) is 66.7 Å². The van der Waals surface area contributed by atoms with Crippen LogP contribution in [-0.4, -0.2) is 19.6 Å². The zero-order chi connectivity index (χ0) is 20.6. The predicted octanol–water partition coefficient (Wildman–Crippen LogP) is 4.66. The first kappa shape index (κ1) is 19.2. The first-order valence-corrected chi connectivity index (χ1v) is 11.0. The fourth-order valence-electron chi connectivity index (χ4n) is 3.44. The molecule has 4 rings (SSSR count). The molecule has 0 spiro atoms. The topological polar surface area (TPSA) is 75.3 Å². The van der Waals surface area contributed by atoms with Gasteiger partial charge in [0.05, 0.1) is 5.25 Å². The fourth-order valence-corrected chi connectivity index (χ4v) is 4.14. The van der Waals surface area contributed by atoms with Crippen molar-refractivity contribution in [2.24, 2.45) is 0 Å². The zero-order valence-corrected chi connectivity index (χ0v) is 17.1. The first-order chi connectivity index (χ1) is 13.8. The molecule has 148 valence electrons. The summed E-state index contributed by atoms with van der Waals surface area (Å²) >= 11 is 0. The molecular formula is C23H22N2O3S. The third-order valence-corrected chi connectivity index (χ3v) is 6.89. The summed E-state index contributed by atoms with van der Waals surface area (Å²) in [5.74, 6) is -0.229. The minimum absolute atomic E-state index is 0.229. The molecule has 0 atom stereocenters. The molecule has 0 saturated carbocycles. The van der Waals surface area contributed by atoms with Gasteiger partial charge in [0, 0.05) is 23.4 Å². The van der Waals surface area contributed by atoms with Gasteiger partial charge in [-0.15, -0.1) is 0 Å². The predicted molar refractivity (Wildman–Crippen MR) is 117 cm³/mol. The summed E-state index contributed by atoms with van der Waals surface area (Å²) in [6.45, 7) is 3.22. The van der Waals surface area contributed by atoms with E-state index in [4.69, 9.17) is 0 Å². The van der Waals surface area contributed by atoms with E-state index in [0.29, 0.717) is 11.3 Å². The molecule has 1 amide bonds. The maximum absolute atomic E-state index is 12.7. The lowest BCUT2D eigenvalue weighted by molar-refractivity contribution is 0.102. The van der Waals surface area contributed by atoms with Crippen LogP contribution in [0.25, 0.3) is 11.1 Å². The van der Waals surface area contributed by atoms with Crippen molar-refractivity contribution in [3.8, 4) is 11.1 Å². The molecule has 1 aliphatic rings. The Kier molecular flexibility index (Phi) is 4.88. The number of anilines is 2. The van der Waals surface area contributed by atoms with Crippen LogP contribution in [0.2, 0.25) is 0 Å². The van der Waals surface area contributed by atoms with Crippen molar-refractivity contribution in [3.05, 3.63) is 83.4 Å². The second kappa shape index (κ2) is 7.37. The van der Waals surface area contributed by atoms with Crippen molar-refractivity contribution in [1.82, 2.24) is 0 Å². The molecule has 0 fully saturated rings. The number of hydrogen-bond acceptors (Lipinski definition) is 3. The highest BCUT2D eigenvalue weighted by Gasteiger charge is 2.21. The number of benzene rings is 3. The maximum atomic E-state index is 12.7. The number of nitrogens with one attached hydrogen (secondary N) is 2. The van der Waals surface area contributed by atoms with E-state index in [1.807, 2.05) is 24.3 Å². The Hall–Kier alpha value is -3.12. The lowest BCUT2D eigenvalue weighted by Gasteiger charge is -2.12. The highest BCUT2D eigenvalue weighted by molar-refractivity contribution is 7.93. The third-order valence-electron chi connectivity index (χ3n) is 5.13. The monoisotopic (exact) mass is 406 g/mol. The van der Waals surface area contributed by atoms with Gasteiger partial charge in [-0.3, -0.25) is 9.52 Å². The van der Waals surface area contributed by atoms with E-state index in [2.05, 4.69) is 28.2 Å². The van der Waals surface area contributed by atoms with Crippen molar-refractivity contribution < 1.29 is 13.2 Å². The molecule has 0 radical (unpaired) electrons. The van der Waals surface area contributed by atoms with Gasteiger partial charge in [0.2, 0.25) is 10.0 Å². The summed E-state index contributed by atoms with van der Waals surface area (Å²) in [5, 5.41) is 2.47. The molecule has 0 aliphatic heterocycles. The molecule has 0 unspecified atom stereocenters. The Balaban J connectivity index is 1.53. The Morgan fingerprint density at radius 3 is 2.31 bits per heavy atom. The molecular weight excluding hydrogens is 384 g/mol. The van der Waals surface area contributed by atoms with Crippen LogP contribution in [0.3, 0.4) is 0 Å². The average molecular weight is 407 g/mol. The van der Waals surface area contributed by atoms with Crippen molar-refractivity contribution in [2.75, 3.05) is 10.0 Å². The summed E-state index contributed by atoms with van der Waals surface area (Å²) in [4.78, 5) is 12.7. The second-order valence-corrected chi connectivity index (χ2v) is 9.63. The normalized spacial score (nSPS) is 12.4. The summed E-state index contributed by atoms with van der Waals surface area (Å²) in [7, 11) is -3.42. The molecule has 0 saturated heterocycles.